The molecule has 0 N–H and O–H groups in total. The van der Waals surface area contributed by atoms with Crippen LogP contribution >= 0.6 is 0 Å². The Morgan fingerprint density at radius 2 is 1.66 bits per heavy atom. The number of rotatable bonds is 7. The fourth-order valence-corrected chi connectivity index (χ4v) is 4.18. The van der Waals surface area contributed by atoms with Gasteiger partial charge in [-0.05, 0) is 60.7 Å². The molecule has 170 valence electrons. The van der Waals surface area contributed by atoms with Gasteiger partial charge in [-0.2, -0.15) is 0 Å². The van der Waals surface area contributed by atoms with E-state index in [1.165, 1.54) is 12.1 Å². The van der Waals surface area contributed by atoms with Gasteiger partial charge in [0.15, 0.2) is 5.82 Å². The van der Waals surface area contributed by atoms with E-state index in [4.69, 9.17) is 9.47 Å². The van der Waals surface area contributed by atoms with Crippen molar-refractivity contribution in [1.29, 1.82) is 0 Å². The number of anilines is 1. The van der Waals surface area contributed by atoms with Gasteiger partial charge in [0.1, 0.15) is 23.4 Å². The lowest BCUT2D eigenvalue weighted by Gasteiger charge is -2.40. The van der Waals surface area contributed by atoms with E-state index in [0.29, 0.717) is 0 Å². The molecule has 1 aliphatic heterocycles. The Morgan fingerprint density at radius 1 is 0.938 bits per heavy atom. The quantitative estimate of drug-likeness (QED) is 0.558. The Labute approximate surface area is 187 Å². The third-order valence-electron chi connectivity index (χ3n) is 5.86. The molecule has 0 aliphatic carbocycles. The zero-order valence-corrected chi connectivity index (χ0v) is 18.9. The van der Waals surface area contributed by atoms with Crippen molar-refractivity contribution >= 4 is 5.69 Å². The largest absolute Gasteiger partial charge is 0.497 e. The summed E-state index contributed by atoms with van der Waals surface area (Å²) in [6, 6.07) is 12.4. The van der Waals surface area contributed by atoms with Crippen LogP contribution in [-0.4, -0.2) is 65.5 Å². The molecular formula is C23H29FN6O2. The number of hydrogen-bond acceptors (Lipinski definition) is 7. The standard InChI is InChI=1S/C23H29FN6O2/c1-16(2)30-23(25-26-27-30)22(20-10-9-19(31-3)15-21(20)32-4)29-13-11-28(12-14-29)18-7-5-17(24)6-8-18/h5-10,15-16,22H,11-14H2,1-4H3. The Balaban J connectivity index is 1.66. The van der Waals surface area contributed by atoms with Crippen molar-refractivity contribution in [1.82, 2.24) is 25.1 Å². The average Bonchev–Trinajstić information content (AvgIpc) is 3.30. The van der Waals surface area contributed by atoms with Crippen LogP contribution in [0.2, 0.25) is 0 Å². The summed E-state index contributed by atoms with van der Waals surface area (Å²) in [4.78, 5) is 4.64. The van der Waals surface area contributed by atoms with Gasteiger partial charge < -0.3 is 14.4 Å². The second kappa shape index (κ2) is 9.52. The van der Waals surface area contributed by atoms with E-state index in [1.54, 1.807) is 14.2 Å². The maximum Gasteiger partial charge on any atom is 0.173 e. The van der Waals surface area contributed by atoms with Crippen LogP contribution in [0.25, 0.3) is 0 Å². The summed E-state index contributed by atoms with van der Waals surface area (Å²) in [5.74, 6) is 2.01. The molecule has 1 saturated heterocycles. The van der Waals surface area contributed by atoms with E-state index >= 15 is 0 Å². The number of aromatic nitrogens is 4. The van der Waals surface area contributed by atoms with Crippen molar-refractivity contribution in [3.63, 3.8) is 0 Å². The van der Waals surface area contributed by atoms with E-state index in [1.807, 2.05) is 35.0 Å². The summed E-state index contributed by atoms with van der Waals surface area (Å²) >= 11 is 0. The van der Waals surface area contributed by atoms with Crippen molar-refractivity contribution in [2.75, 3.05) is 45.3 Å². The highest BCUT2D eigenvalue weighted by Crippen LogP contribution is 2.37. The van der Waals surface area contributed by atoms with E-state index in [0.717, 1.165) is 54.8 Å². The van der Waals surface area contributed by atoms with Crippen LogP contribution in [0.1, 0.15) is 37.3 Å². The molecule has 0 spiro atoms. The lowest BCUT2D eigenvalue weighted by atomic mass is 10.0. The van der Waals surface area contributed by atoms with Crippen LogP contribution in [0.4, 0.5) is 10.1 Å². The minimum absolute atomic E-state index is 0.118. The van der Waals surface area contributed by atoms with Gasteiger partial charge in [-0.1, -0.05) is 0 Å². The molecule has 8 nitrogen and oxygen atoms in total. The van der Waals surface area contributed by atoms with E-state index in [9.17, 15) is 4.39 Å². The molecule has 0 radical (unpaired) electrons. The molecule has 9 heteroatoms. The predicted molar refractivity (Wildman–Crippen MR) is 120 cm³/mol. The maximum atomic E-state index is 13.3. The summed E-state index contributed by atoms with van der Waals surface area (Å²) < 4.78 is 26.3. The molecular weight excluding hydrogens is 411 g/mol. The summed E-state index contributed by atoms with van der Waals surface area (Å²) in [5, 5.41) is 12.6. The van der Waals surface area contributed by atoms with E-state index < -0.39 is 0 Å². The number of benzene rings is 2. The molecule has 0 amide bonds. The van der Waals surface area contributed by atoms with Crippen LogP contribution in [0.5, 0.6) is 11.5 Å². The maximum absolute atomic E-state index is 13.3. The van der Waals surface area contributed by atoms with Gasteiger partial charge in [0.2, 0.25) is 0 Å². The monoisotopic (exact) mass is 440 g/mol. The van der Waals surface area contributed by atoms with Crippen LogP contribution in [0, 0.1) is 5.82 Å². The first kappa shape index (κ1) is 22.0. The number of nitrogens with zero attached hydrogens (tertiary/aromatic N) is 6. The van der Waals surface area contributed by atoms with Gasteiger partial charge in [0.05, 0.1) is 20.3 Å². The molecule has 32 heavy (non-hydrogen) atoms. The number of methoxy groups -OCH3 is 2. The molecule has 1 aliphatic rings. The molecule has 0 bridgehead atoms. The van der Waals surface area contributed by atoms with Crippen molar-refractivity contribution in [2.24, 2.45) is 0 Å². The van der Waals surface area contributed by atoms with Crippen LogP contribution in [-0.2, 0) is 0 Å². The molecule has 0 saturated carbocycles. The Kier molecular flexibility index (Phi) is 6.55. The first-order valence-corrected chi connectivity index (χ1v) is 10.8. The van der Waals surface area contributed by atoms with Crippen molar-refractivity contribution in [2.45, 2.75) is 25.9 Å². The van der Waals surface area contributed by atoms with Gasteiger partial charge in [-0.3, -0.25) is 4.90 Å². The highest BCUT2D eigenvalue weighted by Gasteiger charge is 2.33. The first-order chi connectivity index (χ1) is 15.5. The minimum Gasteiger partial charge on any atom is -0.497 e. The second-order valence-corrected chi connectivity index (χ2v) is 8.09. The third kappa shape index (κ3) is 4.38. The topological polar surface area (TPSA) is 68.5 Å². The lowest BCUT2D eigenvalue weighted by molar-refractivity contribution is 0.195. The Bertz CT molecular complexity index is 1030. The molecule has 1 unspecified atom stereocenters. The Morgan fingerprint density at radius 3 is 2.28 bits per heavy atom. The molecule has 1 atom stereocenters. The number of halogens is 1. The zero-order chi connectivity index (χ0) is 22.7. The first-order valence-electron chi connectivity index (χ1n) is 10.8. The number of ether oxygens (including phenoxy) is 2. The molecule has 2 aromatic carbocycles. The van der Waals surface area contributed by atoms with Crippen molar-refractivity contribution in [3.8, 4) is 11.5 Å². The fourth-order valence-electron chi connectivity index (χ4n) is 4.18. The van der Waals surface area contributed by atoms with E-state index in [-0.39, 0.29) is 17.9 Å². The highest BCUT2D eigenvalue weighted by molar-refractivity contribution is 5.47. The average molecular weight is 441 g/mol. The van der Waals surface area contributed by atoms with Gasteiger partial charge >= 0.3 is 0 Å². The van der Waals surface area contributed by atoms with E-state index in [2.05, 4.69) is 39.2 Å². The number of piperazine rings is 1. The molecule has 3 aromatic rings. The van der Waals surface area contributed by atoms with Gasteiger partial charge in [0.25, 0.3) is 0 Å². The summed E-state index contributed by atoms with van der Waals surface area (Å²) in [6.07, 6.45) is 0. The summed E-state index contributed by atoms with van der Waals surface area (Å²) in [7, 11) is 3.30. The number of hydrogen-bond donors (Lipinski definition) is 0. The van der Waals surface area contributed by atoms with Crippen LogP contribution in [0.15, 0.2) is 42.5 Å². The fraction of sp³-hybridized carbons (Fsp3) is 0.435. The summed E-state index contributed by atoms with van der Waals surface area (Å²) in [6.45, 7) is 7.33. The Hall–Kier alpha value is -3.20. The summed E-state index contributed by atoms with van der Waals surface area (Å²) in [5.41, 5.74) is 2.01. The normalized spacial score (nSPS) is 15.8. The predicted octanol–water partition coefficient (Wildman–Crippen LogP) is 3.32. The van der Waals surface area contributed by atoms with Crippen LogP contribution < -0.4 is 14.4 Å². The van der Waals surface area contributed by atoms with Gasteiger partial charge in [0, 0.05) is 43.5 Å². The van der Waals surface area contributed by atoms with Gasteiger partial charge in [-0.15, -0.1) is 5.10 Å². The second-order valence-electron chi connectivity index (χ2n) is 8.09. The van der Waals surface area contributed by atoms with Crippen molar-refractivity contribution in [3.05, 3.63) is 59.7 Å². The SMILES string of the molecule is COc1ccc(C(c2nnnn2C(C)C)N2CCN(c3ccc(F)cc3)CC2)c(OC)c1. The van der Waals surface area contributed by atoms with Crippen molar-refractivity contribution < 1.29 is 13.9 Å². The lowest BCUT2D eigenvalue weighted by Crippen LogP contribution is -2.48. The smallest absolute Gasteiger partial charge is 0.173 e. The molecule has 1 aromatic heterocycles. The molecule has 1 fully saturated rings. The zero-order valence-electron chi connectivity index (χ0n) is 18.9. The van der Waals surface area contributed by atoms with Gasteiger partial charge in [-0.25, -0.2) is 9.07 Å². The molecule has 4 rings (SSSR count). The van der Waals surface area contributed by atoms with Crippen LogP contribution in [0.3, 0.4) is 0 Å². The highest BCUT2D eigenvalue weighted by atomic mass is 19.1. The minimum atomic E-state index is -0.223. The number of tetrazole rings is 1. The third-order valence-corrected chi connectivity index (χ3v) is 5.86. The molecule has 2 heterocycles.